The minimum absolute atomic E-state index is 0.132. The highest BCUT2D eigenvalue weighted by molar-refractivity contribution is 7.09. The average molecular weight is 254 g/mol. The van der Waals surface area contributed by atoms with E-state index in [1.807, 2.05) is 0 Å². The van der Waals surface area contributed by atoms with E-state index in [4.69, 9.17) is 5.73 Å². The van der Waals surface area contributed by atoms with Crippen molar-refractivity contribution < 1.29 is 0 Å². The molecule has 0 saturated carbocycles. The molecule has 0 amide bonds. The van der Waals surface area contributed by atoms with Gasteiger partial charge in [-0.05, 0) is 6.42 Å². The topological polar surface area (TPSA) is 38.9 Å². The first-order valence-electron chi connectivity index (χ1n) is 6.66. The summed E-state index contributed by atoms with van der Waals surface area (Å²) >= 11 is 1.71. The first-order chi connectivity index (χ1) is 7.95. The number of hydrogen-bond donors (Lipinski definition) is 1. The lowest BCUT2D eigenvalue weighted by molar-refractivity contribution is 0.547. The second-order valence-corrected chi connectivity index (χ2v) is 6.67. The van der Waals surface area contributed by atoms with Crippen molar-refractivity contribution in [1.82, 2.24) is 4.98 Å². The number of rotatable bonds is 6. The van der Waals surface area contributed by atoms with Crippen molar-refractivity contribution in [3.63, 3.8) is 0 Å². The predicted molar refractivity (Wildman–Crippen MR) is 76.5 cm³/mol. The van der Waals surface area contributed by atoms with E-state index in [2.05, 4.69) is 38.1 Å². The van der Waals surface area contributed by atoms with Gasteiger partial charge in [-0.25, -0.2) is 4.98 Å². The molecular formula is C14H26N2S. The second-order valence-electron chi connectivity index (χ2n) is 5.78. The zero-order chi connectivity index (χ0) is 12.9. The molecule has 0 aliphatic heterocycles. The van der Waals surface area contributed by atoms with Crippen molar-refractivity contribution in [3.05, 3.63) is 16.1 Å². The van der Waals surface area contributed by atoms with Gasteiger partial charge in [0.1, 0.15) is 5.01 Å². The largest absolute Gasteiger partial charge is 0.322 e. The van der Waals surface area contributed by atoms with Gasteiger partial charge in [0, 0.05) is 10.8 Å². The van der Waals surface area contributed by atoms with Crippen LogP contribution in [-0.4, -0.2) is 4.98 Å². The van der Waals surface area contributed by atoms with E-state index in [9.17, 15) is 0 Å². The lowest BCUT2D eigenvalue weighted by Crippen LogP contribution is -2.14. The van der Waals surface area contributed by atoms with Crippen molar-refractivity contribution in [2.45, 2.75) is 71.3 Å². The molecule has 0 spiro atoms. The molecule has 17 heavy (non-hydrogen) atoms. The van der Waals surface area contributed by atoms with E-state index in [0.717, 1.165) is 11.4 Å². The number of thiazole rings is 1. The molecule has 2 nitrogen and oxygen atoms in total. The molecule has 1 atom stereocenters. The molecule has 98 valence electrons. The number of aromatic nitrogens is 1. The normalized spacial score (nSPS) is 13.9. The van der Waals surface area contributed by atoms with Crippen molar-refractivity contribution in [1.29, 1.82) is 0 Å². The van der Waals surface area contributed by atoms with Crippen LogP contribution in [0.1, 0.15) is 76.5 Å². The van der Waals surface area contributed by atoms with Crippen molar-refractivity contribution in [3.8, 4) is 0 Å². The number of unbranched alkanes of at least 4 members (excludes halogenated alkanes) is 3. The van der Waals surface area contributed by atoms with Gasteiger partial charge >= 0.3 is 0 Å². The Morgan fingerprint density at radius 3 is 2.53 bits per heavy atom. The molecule has 0 radical (unpaired) electrons. The molecule has 3 heteroatoms. The van der Waals surface area contributed by atoms with Crippen LogP contribution in [0.25, 0.3) is 0 Å². The first-order valence-corrected chi connectivity index (χ1v) is 7.54. The number of nitrogens with two attached hydrogens (primary N) is 1. The number of nitrogens with zero attached hydrogens (tertiary/aromatic N) is 1. The van der Waals surface area contributed by atoms with Crippen LogP contribution in [0.4, 0.5) is 0 Å². The van der Waals surface area contributed by atoms with Crippen LogP contribution in [-0.2, 0) is 5.41 Å². The van der Waals surface area contributed by atoms with Crippen LogP contribution in [0.2, 0.25) is 0 Å². The first kappa shape index (κ1) is 14.7. The lowest BCUT2D eigenvalue weighted by Gasteiger charge is -2.14. The van der Waals surface area contributed by atoms with Gasteiger partial charge < -0.3 is 5.73 Å². The molecule has 1 aromatic heterocycles. The van der Waals surface area contributed by atoms with E-state index in [1.54, 1.807) is 11.3 Å². The zero-order valence-electron chi connectivity index (χ0n) is 11.6. The molecule has 1 unspecified atom stereocenters. The third-order valence-electron chi connectivity index (χ3n) is 2.98. The van der Waals surface area contributed by atoms with Gasteiger partial charge in [0.05, 0.1) is 11.7 Å². The van der Waals surface area contributed by atoms with Crippen LogP contribution >= 0.6 is 11.3 Å². The lowest BCUT2D eigenvalue weighted by atomic mass is 9.93. The minimum atomic E-state index is 0.132. The summed E-state index contributed by atoms with van der Waals surface area (Å²) in [5.41, 5.74) is 7.49. The Morgan fingerprint density at radius 2 is 2.00 bits per heavy atom. The van der Waals surface area contributed by atoms with Gasteiger partial charge in [-0.2, -0.15) is 0 Å². The van der Waals surface area contributed by atoms with Gasteiger partial charge in [-0.1, -0.05) is 53.4 Å². The Kier molecular flexibility index (Phi) is 5.60. The SMILES string of the molecule is CCCCCCC(N)c1nc(C(C)(C)C)cs1. The van der Waals surface area contributed by atoms with E-state index in [1.165, 1.54) is 31.4 Å². The molecular weight excluding hydrogens is 228 g/mol. The van der Waals surface area contributed by atoms with Gasteiger partial charge in [0.15, 0.2) is 0 Å². The van der Waals surface area contributed by atoms with Gasteiger partial charge in [0.2, 0.25) is 0 Å². The summed E-state index contributed by atoms with van der Waals surface area (Å²) < 4.78 is 0. The monoisotopic (exact) mass is 254 g/mol. The standard InChI is InChI=1S/C14H26N2S/c1-5-6-7-8-9-11(15)13-16-12(10-17-13)14(2,3)4/h10-11H,5-9,15H2,1-4H3. The quantitative estimate of drug-likeness (QED) is 0.764. The molecule has 1 aromatic rings. The Labute approximate surface area is 110 Å². The Morgan fingerprint density at radius 1 is 1.29 bits per heavy atom. The summed E-state index contributed by atoms with van der Waals surface area (Å²) in [6, 6.07) is 0.132. The molecule has 0 fully saturated rings. The third kappa shape index (κ3) is 4.76. The highest BCUT2D eigenvalue weighted by Crippen LogP contribution is 2.27. The molecule has 0 aromatic carbocycles. The van der Waals surface area contributed by atoms with Crippen molar-refractivity contribution >= 4 is 11.3 Å². The van der Waals surface area contributed by atoms with E-state index < -0.39 is 0 Å². The summed E-state index contributed by atoms with van der Waals surface area (Å²) in [4.78, 5) is 4.67. The van der Waals surface area contributed by atoms with Crippen LogP contribution in [0.5, 0.6) is 0 Å². The smallest absolute Gasteiger partial charge is 0.110 e. The summed E-state index contributed by atoms with van der Waals surface area (Å²) in [6.07, 6.45) is 6.18. The summed E-state index contributed by atoms with van der Waals surface area (Å²) in [6.45, 7) is 8.81. The van der Waals surface area contributed by atoms with Crippen LogP contribution in [0.15, 0.2) is 5.38 Å². The fraction of sp³-hybridized carbons (Fsp3) is 0.786. The molecule has 0 bridgehead atoms. The van der Waals surface area contributed by atoms with Crippen molar-refractivity contribution in [2.75, 3.05) is 0 Å². The Hall–Kier alpha value is -0.410. The van der Waals surface area contributed by atoms with E-state index >= 15 is 0 Å². The number of hydrogen-bond acceptors (Lipinski definition) is 3. The molecule has 0 aliphatic carbocycles. The fourth-order valence-corrected chi connectivity index (χ4v) is 2.80. The van der Waals surface area contributed by atoms with Crippen molar-refractivity contribution in [2.24, 2.45) is 5.73 Å². The minimum Gasteiger partial charge on any atom is -0.322 e. The zero-order valence-corrected chi connectivity index (χ0v) is 12.4. The van der Waals surface area contributed by atoms with E-state index in [0.29, 0.717) is 0 Å². The molecule has 0 aliphatic rings. The van der Waals surface area contributed by atoms with Crippen LogP contribution in [0, 0.1) is 0 Å². The van der Waals surface area contributed by atoms with Crippen LogP contribution < -0.4 is 5.73 Å². The van der Waals surface area contributed by atoms with Gasteiger partial charge in [-0.15, -0.1) is 11.3 Å². The average Bonchev–Trinajstić information content (AvgIpc) is 2.72. The summed E-state index contributed by atoms with van der Waals surface area (Å²) in [7, 11) is 0. The Balaban J connectivity index is 2.47. The molecule has 0 saturated heterocycles. The summed E-state index contributed by atoms with van der Waals surface area (Å²) in [5, 5.41) is 3.26. The maximum Gasteiger partial charge on any atom is 0.110 e. The second kappa shape index (κ2) is 6.50. The maximum atomic E-state index is 6.18. The Bertz CT molecular complexity index is 325. The van der Waals surface area contributed by atoms with Gasteiger partial charge in [0.25, 0.3) is 0 Å². The molecule has 2 N–H and O–H groups in total. The fourth-order valence-electron chi connectivity index (χ4n) is 1.72. The maximum absolute atomic E-state index is 6.18. The van der Waals surface area contributed by atoms with Gasteiger partial charge in [-0.3, -0.25) is 0 Å². The predicted octanol–water partition coefficient (Wildman–Crippen LogP) is 4.41. The van der Waals surface area contributed by atoms with E-state index in [-0.39, 0.29) is 11.5 Å². The summed E-state index contributed by atoms with van der Waals surface area (Å²) in [5.74, 6) is 0. The highest BCUT2D eigenvalue weighted by atomic mass is 32.1. The van der Waals surface area contributed by atoms with Crippen LogP contribution in [0.3, 0.4) is 0 Å². The third-order valence-corrected chi connectivity index (χ3v) is 3.95. The molecule has 1 heterocycles. The highest BCUT2D eigenvalue weighted by Gasteiger charge is 2.19. The molecule has 1 rings (SSSR count).